The van der Waals surface area contributed by atoms with Crippen molar-refractivity contribution in [3.8, 4) is 0 Å². The quantitative estimate of drug-likeness (QED) is 0.730. The molecule has 0 radical (unpaired) electrons. The Morgan fingerprint density at radius 2 is 1.63 bits per heavy atom. The molecular weight excluding hydrogens is 402 g/mol. The average molecular weight is 432 g/mol. The Bertz CT molecular complexity index is 1060. The van der Waals surface area contributed by atoms with E-state index in [9.17, 15) is 18.3 Å². The Labute approximate surface area is 178 Å². The van der Waals surface area contributed by atoms with Crippen molar-refractivity contribution >= 4 is 27.4 Å². The van der Waals surface area contributed by atoms with E-state index in [1.165, 1.54) is 12.1 Å². The zero-order chi connectivity index (χ0) is 22.1. The van der Waals surface area contributed by atoms with Crippen molar-refractivity contribution in [2.45, 2.75) is 32.6 Å². The lowest BCUT2D eigenvalue weighted by atomic mass is 10.1. The monoisotopic (exact) mass is 431 g/mol. The van der Waals surface area contributed by atoms with Gasteiger partial charge in [0.1, 0.15) is 0 Å². The molecular formula is C22H29N3O4S. The van der Waals surface area contributed by atoms with Gasteiger partial charge in [0.05, 0.1) is 21.8 Å². The lowest BCUT2D eigenvalue weighted by Crippen LogP contribution is -2.46. The third kappa shape index (κ3) is 4.60. The number of benzene rings is 2. The highest BCUT2D eigenvalue weighted by Crippen LogP contribution is 2.31. The predicted molar refractivity (Wildman–Crippen MR) is 119 cm³/mol. The Morgan fingerprint density at radius 1 is 1.00 bits per heavy atom. The number of aryl methyl sites for hydroxylation is 3. The average Bonchev–Trinajstić information content (AvgIpc) is 2.70. The summed E-state index contributed by atoms with van der Waals surface area (Å²) < 4.78 is 29.1. The molecule has 30 heavy (non-hydrogen) atoms. The molecule has 0 spiro atoms. The summed E-state index contributed by atoms with van der Waals surface area (Å²) in [5.74, 6) is -1.10. The fourth-order valence-corrected chi connectivity index (χ4v) is 5.13. The first-order valence-corrected chi connectivity index (χ1v) is 11.6. The molecule has 8 heteroatoms. The highest BCUT2D eigenvalue weighted by atomic mass is 32.2. The number of aromatic carboxylic acids is 1. The summed E-state index contributed by atoms with van der Waals surface area (Å²) in [5.41, 5.74) is 3.59. The highest BCUT2D eigenvalue weighted by Gasteiger charge is 2.24. The van der Waals surface area contributed by atoms with E-state index < -0.39 is 16.0 Å². The second-order valence-corrected chi connectivity index (χ2v) is 9.42. The summed E-state index contributed by atoms with van der Waals surface area (Å²) in [6.07, 6.45) is 0. The first kappa shape index (κ1) is 22.1. The van der Waals surface area contributed by atoms with Crippen molar-refractivity contribution in [1.29, 1.82) is 0 Å². The molecule has 0 aliphatic carbocycles. The lowest BCUT2D eigenvalue weighted by molar-refractivity contribution is 0.0697. The van der Waals surface area contributed by atoms with Gasteiger partial charge in [-0.3, -0.25) is 4.72 Å². The molecule has 1 fully saturated rings. The van der Waals surface area contributed by atoms with Gasteiger partial charge in [0.25, 0.3) is 10.0 Å². The second kappa shape index (κ2) is 8.65. The van der Waals surface area contributed by atoms with Crippen LogP contribution in [0.1, 0.15) is 34.0 Å². The number of nitrogens with one attached hydrogen (secondary N) is 1. The van der Waals surface area contributed by atoms with Crippen LogP contribution in [0.5, 0.6) is 0 Å². The van der Waals surface area contributed by atoms with E-state index in [4.69, 9.17) is 0 Å². The maximum atomic E-state index is 13.2. The molecule has 0 bridgehead atoms. The van der Waals surface area contributed by atoms with Crippen LogP contribution < -0.4 is 9.62 Å². The van der Waals surface area contributed by atoms with Gasteiger partial charge in [-0.05, 0) is 68.3 Å². The van der Waals surface area contributed by atoms with Gasteiger partial charge in [0.15, 0.2) is 0 Å². The number of sulfonamides is 1. The van der Waals surface area contributed by atoms with Crippen LogP contribution in [0.3, 0.4) is 0 Å². The van der Waals surface area contributed by atoms with Crippen molar-refractivity contribution in [3.05, 3.63) is 52.6 Å². The number of carboxylic acid groups (broad SMARTS) is 1. The zero-order valence-electron chi connectivity index (χ0n) is 17.9. The van der Waals surface area contributed by atoms with Crippen LogP contribution >= 0.6 is 0 Å². The first-order valence-electron chi connectivity index (χ1n) is 10.1. The van der Waals surface area contributed by atoms with Crippen LogP contribution in [-0.4, -0.2) is 57.1 Å². The molecule has 162 valence electrons. The Hall–Kier alpha value is -2.58. The fourth-order valence-electron chi connectivity index (χ4n) is 3.75. The van der Waals surface area contributed by atoms with Crippen LogP contribution in [-0.2, 0) is 10.0 Å². The van der Waals surface area contributed by atoms with E-state index in [1.54, 1.807) is 19.1 Å². The molecule has 0 saturated carbocycles. The van der Waals surface area contributed by atoms with Crippen LogP contribution in [0.15, 0.2) is 35.2 Å². The Morgan fingerprint density at radius 3 is 2.23 bits per heavy atom. The second-order valence-electron chi connectivity index (χ2n) is 7.77. The van der Waals surface area contributed by atoms with E-state index >= 15 is 0 Å². The van der Waals surface area contributed by atoms with Crippen LogP contribution in [0.4, 0.5) is 11.4 Å². The highest BCUT2D eigenvalue weighted by molar-refractivity contribution is 7.92. The van der Waals surface area contributed by atoms with Crippen molar-refractivity contribution in [2.75, 3.05) is 42.3 Å². The maximum absolute atomic E-state index is 13.2. The molecule has 3 rings (SSSR count). The molecule has 2 N–H and O–H groups in total. The largest absolute Gasteiger partial charge is 0.478 e. The number of rotatable bonds is 6. The minimum atomic E-state index is -3.88. The molecule has 7 nitrogen and oxygen atoms in total. The summed E-state index contributed by atoms with van der Waals surface area (Å²) in [4.78, 5) is 16.1. The van der Waals surface area contributed by atoms with Gasteiger partial charge >= 0.3 is 5.97 Å². The summed E-state index contributed by atoms with van der Waals surface area (Å²) in [6.45, 7) is 11.9. The van der Waals surface area contributed by atoms with E-state index in [2.05, 4.69) is 21.4 Å². The van der Waals surface area contributed by atoms with Crippen molar-refractivity contribution in [2.24, 2.45) is 0 Å². The van der Waals surface area contributed by atoms with Gasteiger partial charge in [-0.25, -0.2) is 13.2 Å². The summed E-state index contributed by atoms with van der Waals surface area (Å²) in [6, 6.07) is 8.12. The standard InChI is InChI=1S/C22H29N3O4S/c1-5-24-8-10-25(11-9-24)20-7-6-18(22(26)27)14-19(20)23-30(28,29)21-13-16(3)15(2)12-17(21)4/h6-7,12-14,23H,5,8-11H2,1-4H3,(H,26,27). The van der Waals surface area contributed by atoms with Crippen LogP contribution in [0, 0.1) is 20.8 Å². The minimum absolute atomic E-state index is 0.0421. The van der Waals surface area contributed by atoms with Gasteiger partial charge in [0, 0.05) is 26.2 Å². The number of nitrogens with zero attached hydrogens (tertiary/aromatic N) is 2. The number of hydrogen-bond acceptors (Lipinski definition) is 5. The summed E-state index contributed by atoms with van der Waals surface area (Å²) in [7, 11) is -3.88. The molecule has 0 amide bonds. The zero-order valence-corrected chi connectivity index (χ0v) is 18.7. The van der Waals surface area contributed by atoms with Gasteiger partial charge in [-0.15, -0.1) is 0 Å². The van der Waals surface area contributed by atoms with Gasteiger partial charge in [0.2, 0.25) is 0 Å². The molecule has 2 aromatic rings. The van der Waals surface area contributed by atoms with E-state index in [0.717, 1.165) is 43.9 Å². The predicted octanol–water partition coefficient (Wildman–Crippen LogP) is 3.25. The number of hydrogen-bond donors (Lipinski definition) is 2. The first-order chi connectivity index (χ1) is 14.1. The third-order valence-corrected chi connectivity index (χ3v) is 7.24. The topological polar surface area (TPSA) is 89.9 Å². The Kier molecular flexibility index (Phi) is 6.38. The number of anilines is 2. The van der Waals surface area contributed by atoms with E-state index in [0.29, 0.717) is 11.3 Å². The summed E-state index contributed by atoms with van der Waals surface area (Å²) in [5, 5.41) is 9.41. The smallest absolute Gasteiger partial charge is 0.335 e. The lowest BCUT2D eigenvalue weighted by Gasteiger charge is -2.36. The van der Waals surface area contributed by atoms with Crippen molar-refractivity contribution in [1.82, 2.24) is 4.90 Å². The number of carbonyl (C=O) groups is 1. The molecule has 0 unspecified atom stereocenters. The van der Waals surface area contributed by atoms with Gasteiger partial charge in [-0.1, -0.05) is 13.0 Å². The molecule has 0 atom stereocenters. The number of piperazine rings is 1. The van der Waals surface area contributed by atoms with Crippen LogP contribution in [0.25, 0.3) is 0 Å². The SMILES string of the molecule is CCN1CCN(c2ccc(C(=O)O)cc2NS(=O)(=O)c2cc(C)c(C)cc2C)CC1. The minimum Gasteiger partial charge on any atom is -0.478 e. The van der Waals surface area contributed by atoms with Crippen molar-refractivity contribution in [3.63, 3.8) is 0 Å². The molecule has 1 aliphatic rings. The molecule has 1 saturated heterocycles. The van der Waals surface area contributed by atoms with Gasteiger partial charge < -0.3 is 14.9 Å². The fraction of sp³-hybridized carbons (Fsp3) is 0.409. The summed E-state index contributed by atoms with van der Waals surface area (Å²) >= 11 is 0. The third-order valence-electron chi connectivity index (χ3n) is 5.73. The normalized spacial score (nSPS) is 15.3. The van der Waals surface area contributed by atoms with E-state index in [1.807, 2.05) is 19.9 Å². The Balaban J connectivity index is 2.00. The molecule has 1 heterocycles. The number of carboxylic acids is 1. The molecule has 1 aliphatic heterocycles. The van der Waals surface area contributed by atoms with Gasteiger partial charge in [-0.2, -0.15) is 0 Å². The van der Waals surface area contributed by atoms with Crippen LogP contribution in [0.2, 0.25) is 0 Å². The van der Waals surface area contributed by atoms with E-state index in [-0.39, 0.29) is 16.1 Å². The van der Waals surface area contributed by atoms with Crippen molar-refractivity contribution < 1.29 is 18.3 Å². The molecule has 2 aromatic carbocycles. The molecule has 0 aromatic heterocycles. The number of likely N-dealkylation sites (N-methyl/N-ethyl adjacent to an activating group) is 1. The maximum Gasteiger partial charge on any atom is 0.335 e.